The highest BCUT2D eigenvalue weighted by molar-refractivity contribution is 14.0. The Kier molecular flexibility index (Phi) is 10.4. The molecule has 0 unspecified atom stereocenters. The van der Waals surface area contributed by atoms with Crippen molar-refractivity contribution in [2.75, 3.05) is 34.8 Å². The molecule has 0 bridgehead atoms. The number of guanidine groups is 1. The first kappa shape index (κ1) is 24.7. The zero-order valence-corrected chi connectivity index (χ0v) is 19.5. The standard InChI is InChI=1S/C21H27FN4O2.HI/c1-23-21(26(4)14-16-8-10-18(22)11-9-16)24-13-17-6-5-7-19(12-17)28-15-20(27)25(2)3;/h5-12H,13-15H2,1-4H3,(H,23,24);1H. The second-order valence-corrected chi connectivity index (χ2v) is 6.61. The van der Waals surface area contributed by atoms with Crippen molar-refractivity contribution in [2.45, 2.75) is 13.1 Å². The van der Waals surface area contributed by atoms with Gasteiger partial charge in [-0.3, -0.25) is 9.79 Å². The lowest BCUT2D eigenvalue weighted by atomic mass is 10.2. The Bertz CT molecular complexity index is 813. The van der Waals surface area contributed by atoms with E-state index in [0.717, 1.165) is 17.1 Å². The zero-order valence-electron chi connectivity index (χ0n) is 17.2. The molecule has 8 heteroatoms. The first-order valence-electron chi connectivity index (χ1n) is 8.97. The highest BCUT2D eigenvalue weighted by atomic mass is 127. The third-order valence-electron chi connectivity index (χ3n) is 4.12. The highest BCUT2D eigenvalue weighted by Gasteiger charge is 2.08. The molecule has 0 aliphatic heterocycles. The third-order valence-corrected chi connectivity index (χ3v) is 4.12. The maximum absolute atomic E-state index is 13.0. The van der Waals surface area contributed by atoms with E-state index < -0.39 is 0 Å². The van der Waals surface area contributed by atoms with E-state index in [1.54, 1.807) is 33.3 Å². The largest absolute Gasteiger partial charge is 0.484 e. The first-order valence-corrected chi connectivity index (χ1v) is 8.97. The van der Waals surface area contributed by atoms with E-state index in [2.05, 4.69) is 10.3 Å². The number of nitrogens with zero attached hydrogens (tertiary/aromatic N) is 3. The molecule has 2 aromatic carbocycles. The molecule has 0 fully saturated rings. The summed E-state index contributed by atoms with van der Waals surface area (Å²) in [7, 11) is 7.03. The van der Waals surface area contributed by atoms with Gasteiger partial charge in [0, 0.05) is 41.3 Å². The summed E-state index contributed by atoms with van der Waals surface area (Å²) < 4.78 is 18.6. The predicted octanol–water partition coefficient (Wildman–Crippen LogP) is 3.12. The Labute approximate surface area is 188 Å². The maximum atomic E-state index is 13.0. The van der Waals surface area contributed by atoms with Crippen molar-refractivity contribution < 1.29 is 13.9 Å². The van der Waals surface area contributed by atoms with Gasteiger partial charge in [0.05, 0.1) is 0 Å². The summed E-state index contributed by atoms with van der Waals surface area (Å²) in [4.78, 5) is 19.4. The molecule has 2 aromatic rings. The van der Waals surface area contributed by atoms with E-state index in [4.69, 9.17) is 4.74 Å². The van der Waals surface area contributed by atoms with Gasteiger partial charge >= 0.3 is 0 Å². The number of likely N-dealkylation sites (N-methyl/N-ethyl adjacent to an activating group) is 1. The van der Waals surface area contributed by atoms with Crippen molar-refractivity contribution in [3.8, 4) is 5.75 Å². The molecule has 0 heterocycles. The van der Waals surface area contributed by atoms with Gasteiger partial charge in [-0.25, -0.2) is 4.39 Å². The molecule has 6 nitrogen and oxygen atoms in total. The molecule has 0 aromatic heterocycles. The third kappa shape index (κ3) is 8.26. The number of amides is 1. The lowest BCUT2D eigenvalue weighted by Gasteiger charge is -2.22. The molecular weight excluding hydrogens is 486 g/mol. The summed E-state index contributed by atoms with van der Waals surface area (Å²) >= 11 is 0. The molecule has 1 amide bonds. The van der Waals surface area contributed by atoms with Gasteiger partial charge in [0.25, 0.3) is 5.91 Å². The van der Waals surface area contributed by atoms with Crippen LogP contribution in [0, 0.1) is 5.82 Å². The minimum Gasteiger partial charge on any atom is -0.484 e. The van der Waals surface area contributed by atoms with E-state index in [0.29, 0.717) is 18.8 Å². The minimum atomic E-state index is -0.247. The summed E-state index contributed by atoms with van der Waals surface area (Å²) in [6.45, 7) is 1.17. The average molecular weight is 514 g/mol. The van der Waals surface area contributed by atoms with Gasteiger partial charge in [-0.2, -0.15) is 0 Å². The summed E-state index contributed by atoms with van der Waals surface area (Å²) in [5.74, 6) is 1.03. The molecule has 0 saturated carbocycles. The van der Waals surface area contributed by atoms with Crippen LogP contribution in [-0.4, -0.2) is 56.5 Å². The zero-order chi connectivity index (χ0) is 20.5. The van der Waals surface area contributed by atoms with Crippen molar-refractivity contribution >= 4 is 35.8 Å². The number of carbonyl (C=O) groups is 1. The monoisotopic (exact) mass is 514 g/mol. The number of hydrogen-bond donors (Lipinski definition) is 1. The van der Waals surface area contributed by atoms with Crippen molar-refractivity contribution in [3.05, 3.63) is 65.5 Å². The van der Waals surface area contributed by atoms with Gasteiger partial charge in [-0.1, -0.05) is 24.3 Å². The molecule has 2 rings (SSSR count). The van der Waals surface area contributed by atoms with Crippen LogP contribution < -0.4 is 10.1 Å². The Morgan fingerprint density at radius 3 is 2.41 bits per heavy atom. The number of benzene rings is 2. The van der Waals surface area contributed by atoms with Crippen LogP contribution in [0.3, 0.4) is 0 Å². The first-order chi connectivity index (χ1) is 13.4. The average Bonchev–Trinajstić information content (AvgIpc) is 2.68. The lowest BCUT2D eigenvalue weighted by Crippen LogP contribution is -2.38. The number of aliphatic imine (C=N–C) groups is 1. The minimum absolute atomic E-state index is 0. The van der Waals surface area contributed by atoms with Crippen LogP contribution in [0.4, 0.5) is 4.39 Å². The van der Waals surface area contributed by atoms with Crippen molar-refractivity contribution in [1.82, 2.24) is 15.1 Å². The van der Waals surface area contributed by atoms with Gasteiger partial charge in [0.1, 0.15) is 11.6 Å². The Hall–Kier alpha value is -2.36. The van der Waals surface area contributed by atoms with Gasteiger partial charge in [-0.05, 0) is 35.4 Å². The number of ether oxygens (including phenoxy) is 1. The summed E-state index contributed by atoms with van der Waals surface area (Å²) in [5, 5.41) is 3.30. The van der Waals surface area contributed by atoms with Crippen LogP contribution in [0.25, 0.3) is 0 Å². The van der Waals surface area contributed by atoms with Crippen molar-refractivity contribution in [2.24, 2.45) is 4.99 Å². The van der Waals surface area contributed by atoms with Gasteiger partial charge in [0.2, 0.25) is 0 Å². The topological polar surface area (TPSA) is 57.2 Å². The van der Waals surface area contributed by atoms with Gasteiger partial charge < -0.3 is 19.9 Å². The Balaban J connectivity index is 0.00000420. The maximum Gasteiger partial charge on any atom is 0.259 e. The smallest absolute Gasteiger partial charge is 0.259 e. The SMILES string of the molecule is CN=C(NCc1cccc(OCC(=O)N(C)C)c1)N(C)Cc1ccc(F)cc1.I. The number of nitrogens with one attached hydrogen (secondary N) is 1. The summed E-state index contributed by atoms with van der Waals surface area (Å²) in [5.41, 5.74) is 2.00. The molecular formula is C21H28FIN4O2. The molecule has 1 N–H and O–H groups in total. The molecule has 0 saturated heterocycles. The number of hydrogen-bond acceptors (Lipinski definition) is 3. The van der Waals surface area contributed by atoms with Crippen molar-refractivity contribution in [3.63, 3.8) is 0 Å². The van der Waals surface area contributed by atoms with Crippen LogP contribution in [-0.2, 0) is 17.9 Å². The fraction of sp³-hybridized carbons (Fsp3) is 0.333. The molecule has 29 heavy (non-hydrogen) atoms. The Morgan fingerprint density at radius 2 is 1.79 bits per heavy atom. The molecule has 0 radical (unpaired) electrons. The van der Waals surface area contributed by atoms with Gasteiger partial charge in [-0.15, -0.1) is 24.0 Å². The van der Waals surface area contributed by atoms with Gasteiger partial charge in [0.15, 0.2) is 12.6 Å². The van der Waals surface area contributed by atoms with Crippen LogP contribution in [0.2, 0.25) is 0 Å². The highest BCUT2D eigenvalue weighted by Crippen LogP contribution is 2.13. The molecule has 0 atom stereocenters. The van der Waals surface area contributed by atoms with Crippen LogP contribution in [0.15, 0.2) is 53.5 Å². The van der Waals surface area contributed by atoms with E-state index in [9.17, 15) is 9.18 Å². The van der Waals surface area contributed by atoms with Crippen LogP contribution in [0.1, 0.15) is 11.1 Å². The number of rotatable bonds is 7. The molecule has 0 aliphatic rings. The second kappa shape index (κ2) is 12.3. The van der Waals surface area contributed by atoms with E-state index in [1.165, 1.54) is 17.0 Å². The summed E-state index contributed by atoms with van der Waals surface area (Å²) in [6.07, 6.45) is 0. The van der Waals surface area contributed by atoms with E-state index in [1.807, 2.05) is 36.2 Å². The normalized spacial score (nSPS) is 10.7. The van der Waals surface area contributed by atoms with E-state index >= 15 is 0 Å². The van der Waals surface area contributed by atoms with E-state index in [-0.39, 0.29) is 42.3 Å². The molecule has 0 spiro atoms. The fourth-order valence-corrected chi connectivity index (χ4v) is 2.52. The molecule has 158 valence electrons. The lowest BCUT2D eigenvalue weighted by molar-refractivity contribution is -0.130. The second-order valence-electron chi connectivity index (χ2n) is 6.61. The summed E-state index contributed by atoms with van der Waals surface area (Å²) in [6, 6.07) is 14.0. The molecule has 0 aliphatic carbocycles. The van der Waals surface area contributed by atoms with Crippen LogP contribution in [0.5, 0.6) is 5.75 Å². The van der Waals surface area contributed by atoms with Crippen LogP contribution >= 0.6 is 24.0 Å². The number of halogens is 2. The quantitative estimate of drug-likeness (QED) is 0.351. The van der Waals surface area contributed by atoms with Crippen molar-refractivity contribution in [1.29, 1.82) is 0 Å². The Morgan fingerprint density at radius 1 is 1.10 bits per heavy atom. The fourth-order valence-electron chi connectivity index (χ4n) is 2.52. The predicted molar refractivity (Wildman–Crippen MR) is 124 cm³/mol. The number of carbonyl (C=O) groups excluding carboxylic acids is 1.